The quantitative estimate of drug-likeness (QED) is 0.413. The van der Waals surface area contributed by atoms with Crippen LogP contribution in [-0.4, -0.2) is 79.5 Å². The Bertz CT molecular complexity index is 1250. The summed E-state index contributed by atoms with van der Waals surface area (Å²) in [6.45, 7) is 5.54. The molecule has 2 fully saturated rings. The SMILES string of the molecule is CC(C)Cn1c(=O)c(C(=O)NC2CC2)c(O)n2nc(NC(=O)O)c(C=CC(=O)N3CCOCC3)c12. The average molecular weight is 489 g/mol. The van der Waals surface area contributed by atoms with E-state index in [9.17, 15) is 29.4 Å². The largest absolute Gasteiger partial charge is 0.492 e. The van der Waals surface area contributed by atoms with E-state index in [-0.39, 0.29) is 41.4 Å². The fraction of sp³-hybridized carbons (Fsp3) is 0.500. The molecular formula is C22H28N6O7. The summed E-state index contributed by atoms with van der Waals surface area (Å²) in [5.41, 5.74) is -1.05. The molecule has 0 radical (unpaired) electrons. The topological polar surface area (TPSA) is 167 Å². The third-order valence-electron chi connectivity index (χ3n) is 5.66. The number of aromatic nitrogens is 3. The zero-order valence-electron chi connectivity index (χ0n) is 19.5. The fourth-order valence-corrected chi connectivity index (χ4v) is 3.87. The summed E-state index contributed by atoms with van der Waals surface area (Å²) in [5, 5.41) is 29.2. The van der Waals surface area contributed by atoms with E-state index in [1.54, 1.807) is 4.90 Å². The van der Waals surface area contributed by atoms with Crippen LogP contribution in [0.15, 0.2) is 10.9 Å². The number of hydrogen-bond acceptors (Lipinski definition) is 7. The Morgan fingerprint density at radius 3 is 2.51 bits per heavy atom. The Labute approximate surface area is 200 Å². The molecule has 1 aliphatic heterocycles. The number of nitrogens with one attached hydrogen (secondary N) is 2. The number of carboxylic acid groups (broad SMARTS) is 1. The summed E-state index contributed by atoms with van der Waals surface area (Å²) >= 11 is 0. The molecule has 2 aromatic heterocycles. The van der Waals surface area contributed by atoms with Crippen LogP contribution in [0.2, 0.25) is 0 Å². The van der Waals surface area contributed by atoms with Crippen LogP contribution in [0.1, 0.15) is 42.6 Å². The maximum atomic E-state index is 13.4. The summed E-state index contributed by atoms with van der Waals surface area (Å²) in [5.74, 6) is -2.00. The van der Waals surface area contributed by atoms with Gasteiger partial charge in [0, 0.05) is 31.8 Å². The molecule has 1 saturated heterocycles. The van der Waals surface area contributed by atoms with E-state index in [0.717, 1.165) is 17.4 Å². The zero-order chi connectivity index (χ0) is 25.3. The predicted molar refractivity (Wildman–Crippen MR) is 125 cm³/mol. The van der Waals surface area contributed by atoms with Gasteiger partial charge in [-0.05, 0) is 24.8 Å². The highest BCUT2D eigenvalue weighted by atomic mass is 16.5. The van der Waals surface area contributed by atoms with Crippen LogP contribution in [0.4, 0.5) is 10.6 Å². The number of nitrogens with zero attached hydrogens (tertiary/aromatic N) is 4. The molecular weight excluding hydrogens is 460 g/mol. The van der Waals surface area contributed by atoms with Gasteiger partial charge in [-0.3, -0.25) is 24.3 Å². The van der Waals surface area contributed by atoms with Gasteiger partial charge in [-0.1, -0.05) is 13.8 Å². The van der Waals surface area contributed by atoms with Crippen molar-refractivity contribution in [1.82, 2.24) is 24.4 Å². The fourth-order valence-electron chi connectivity index (χ4n) is 3.87. The molecule has 3 heterocycles. The average Bonchev–Trinajstić information content (AvgIpc) is 3.54. The maximum Gasteiger partial charge on any atom is 0.410 e. The highest BCUT2D eigenvalue weighted by Crippen LogP contribution is 2.28. The Morgan fingerprint density at radius 1 is 1.23 bits per heavy atom. The van der Waals surface area contributed by atoms with E-state index in [0.29, 0.717) is 26.3 Å². The standard InChI is InChI=1S/C22H28N6O7/c1-12(2)11-27-19-14(5-6-15(29)26-7-9-35-10-8-26)17(24-22(33)34)25-28(19)21(32)16(20(27)31)18(30)23-13-3-4-13/h5-6,12-13,32H,3-4,7-11H2,1-2H3,(H,23,30)(H,24,25)(H,33,34). The molecule has 13 heteroatoms. The number of amides is 3. The number of carbonyl (C=O) groups excluding carboxylic acids is 2. The van der Waals surface area contributed by atoms with Gasteiger partial charge in [-0.15, -0.1) is 5.10 Å². The summed E-state index contributed by atoms with van der Waals surface area (Å²) in [6, 6.07) is -0.0536. The molecule has 0 unspecified atom stereocenters. The summed E-state index contributed by atoms with van der Waals surface area (Å²) < 4.78 is 7.48. The second-order valence-corrected chi connectivity index (χ2v) is 8.95. The second-order valence-electron chi connectivity index (χ2n) is 8.95. The van der Waals surface area contributed by atoms with Crippen LogP contribution in [0.25, 0.3) is 11.7 Å². The molecule has 0 bridgehead atoms. The predicted octanol–water partition coefficient (Wildman–Crippen LogP) is 0.712. The normalized spacial score (nSPS) is 16.3. The van der Waals surface area contributed by atoms with Gasteiger partial charge in [-0.25, -0.2) is 4.79 Å². The van der Waals surface area contributed by atoms with Crippen molar-refractivity contribution in [1.29, 1.82) is 0 Å². The van der Waals surface area contributed by atoms with E-state index in [1.807, 2.05) is 13.8 Å². The lowest BCUT2D eigenvalue weighted by atomic mass is 10.2. The molecule has 13 nitrogen and oxygen atoms in total. The molecule has 0 aromatic carbocycles. The number of rotatable bonds is 7. The third-order valence-corrected chi connectivity index (χ3v) is 5.66. The van der Waals surface area contributed by atoms with Gasteiger partial charge < -0.3 is 25.2 Å². The number of fused-ring (bicyclic) bond motifs is 1. The summed E-state index contributed by atoms with van der Waals surface area (Å²) in [6.07, 6.45) is 2.76. The zero-order valence-corrected chi connectivity index (χ0v) is 19.5. The first-order valence-corrected chi connectivity index (χ1v) is 11.4. The smallest absolute Gasteiger partial charge is 0.410 e. The Balaban J connectivity index is 1.88. The van der Waals surface area contributed by atoms with Crippen LogP contribution in [0, 0.1) is 5.92 Å². The van der Waals surface area contributed by atoms with Crippen molar-refractivity contribution in [2.45, 2.75) is 39.3 Å². The van der Waals surface area contributed by atoms with Crippen LogP contribution in [0.3, 0.4) is 0 Å². The molecule has 4 rings (SSSR count). The summed E-state index contributed by atoms with van der Waals surface area (Å²) in [4.78, 5) is 51.8. The van der Waals surface area contributed by atoms with Crippen molar-refractivity contribution in [3.63, 3.8) is 0 Å². The van der Waals surface area contributed by atoms with E-state index in [1.165, 1.54) is 16.7 Å². The van der Waals surface area contributed by atoms with Crippen LogP contribution in [-0.2, 0) is 16.1 Å². The number of morpholine rings is 1. The van der Waals surface area contributed by atoms with Crippen LogP contribution in [0.5, 0.6) is 5.88 Å². The molecule has 35 heavy (non-hydrogen) atoms. The third kappa shape index (κ3) is 5.14. The van der Waals surface area contributed by atoms with Crippen molar-refractivity contribution in [2.24, 2.45) is 5.92 Å². The molecule has 1 saturated carbocycles. The molecule has 1 aliphatic carbocycles. The molecule has 3 amide bonds. The van der Waals surface area contributed by atoms with Gasteiger partial charge in [0.05, 0.1) is 18.8 Å². The Kier molecular flexibility index (Phi) is 6.78. The summed E-state index contributed by atoms with van der Waals surface area (Å²) in [7, 11) is 0. The van der Waals surface area contributed by atoms with Gasteiger partial charge in [0.15, 0.2) is 17.0 Å². The minimum absolute atomic E-state index is 0.0435. The minimum atomic E-state index is -1.42. The number of hydrogen-bond donors (Lipinski definition) is 4. The Morgan fingerprint density at radius 2 is 1.91 bits per heavy atom. The van der Waals surface area contributed by atoms with Crippen molar-refractivity contribution < 1.29 is 29.3 Å². The molecule has 2 aliphatic rings. The highest BCUT2D eigenvalue weighted by molar-refractivity contribution is 5.98. The van der Waals surface area contributed by atoms with E-state index < -0.39 is 29.0 Å². The number of ether oxygens (including phenoxy) is 1. The first-order chi connectivity index (χ1) is 16.7. The van der Waals surface area contributed by atoms with Crippen molar-refractivity contribution in [3.05, 3.63) is 27.6 Å². The van der Waals surface area contributed by atoms with Gasteiger partial charge >= 0.3 is 6.09 Å². The lowest BCUT2D eigenvalue weighted by Gasteiger charge is -2.25. The minimum Gasteiger partial charge on any atom is -0.492 e. The second kappa shape index (κ2) is 9.78. The lowest BCUT2D eigenvalue weighted by Crippen LogP contribution is -2.39. The van der Waals surface area contributed by atoms with Crippen LogP contribution < -0.4 is 16.2 Å². The van der Waals surface area contributed by atoms with Gasteiger partial charge in [0.25, 0.3) is 11.5 Å². The molecule has 4 N–H and O–H groups in total. The Hall–Kier alpha value is -3.87. The van der Waals surface area contributed by atoms with Crippen molar-refractivity contribution in [2.75, 3.05) is 31.6 Å². The molecule has 0 atom stereocenters. The number of anilines is 1. The lowest BCUT2D eigenvalue weighted by molar-refractivity contribution is -0.129. The van der Waals surface area contributed by atoms with Crippen molar-refractivity contribution in [3.8, 4) is 5.88 Å². The molecule has 2 aromatic rings. The van der Waals surface area contributed by atoms with E-state index >= 15 is 0 Å². The van der Waals surface area contributed by atoms with Gasteiger partial charge in [0.2, 0.25) is 11.8 Å². The monoisotopic (exact) mass is 488 g/mol. The van der Waals surface area contributed by atoms with Gasteiger partial charge in [-0.2, -0.15) is 4.52 Å². The van der Waals surface area contributed by atoms with Gasteiger partial charge in [0.1, 0.15) is 0 Å². The number of aromatic hydroxyl groups is 1. The van der Waals surface area contributed by atoms with E-state index in [2.05, 4.69) is 15.7 Å². The molecule has 188 valence electrons. The first-order valence-electron chi connectivity index (χ1n) is 11.4. The molecule has 0 spiro atoms. The first kappa shape index (κ1) is 24.3. The van der Waals surface area contributed by atoms with Crippen LogP contribution >= 0.6 is 0 Å². The highest BCUT2D eigenvalue weighted by Gasteiger charge is 2.31. The number of carbonyl (C=O) groups is 3. The maximum absolute atomic E-state index is 13.4. The van der Waals surface area contributed by atoms with E-state index in [4.69, 9.17) is 4.74 Å². The van der Waals surface area contributed by atoms with Crippen molar-refractivity contribution >= 4 is 35.4 Å².